The Kier molecular flexibility index (Phi) is 8.27. The van der Waals surface area contributed by atoms with Gasteiger partial charge in [-0.15, -0.1) is 0 Å². The maximum Gasteiger partial charge on any atom is 0.261 e. The highest BCUT2D eigenvalue weighted by Crippen LogP contribution is 2.18. The third-order valence-electron chi connectivity index (χ3n) is 4.67. The molecule has 2 aromatic rings. The van der Waals surface area contributed by atoms with E-state index in [1.54, 1.807) is 18.9 Å². The van der Waals surface area contributed by atoms with E-state index < -0.39 is 6.04 Å². The molecular weight excluding hydrogens is 380 g/mol. The first kappa shape index (κ1) is 23.3. The summed E-state index contributed by atoms with van der Waals surface area (Å²) in [5.41, 5.74) is 3.04. The maximum atomic E-state index is 13.0. The van der Waals surface area contributed by atoms with Crippen LogP contribution in [-0.2, 0) is 16.1 Å². The Morgan fingerprint density at radius 3 is 2.10 bits per heavy atom. The van der Waals surface area contributed by atoms with Crippen molar-refractivity contribution in [1.29, 1.82) is 0 Å². The van der Waals surface area contributed by atoms with Crippen LogP contribution in [0.15, 0.2) is 42.5 Å². The minimum absolute atomic E-state index is 0.00981. The van der Waals surface area contributed by atoms with Gasteiger partial charge in [0.25, 0.3) is 5.91 Å². The molecule has 0 aliphatic carbocycles. The van der Waals surface area contributed by atoms with Crippen molar-refractivity contribution in [2.45, 2.75) is 53.2 Å². The Morgan fingerprint density at radius 1 is 0.967 bits per heavy atom. The van der Waals surface area contributed by atoms with Crippen LogP contribution in [-0.4, -0.2) is 42.5 Å². The Balaban J connectivity index is 2.17. The zero-order chi connectivity index (χ0) is 22.3. The number of nitrogens with zero attached hydrogens (tertiary/aromatic N) is 1. The van der Waals surface area contributed by atoms with Crippen molar-refractivity contribution in [3.63, 3.8) is 0 Å². The SMILES string of the molecule is COc1ccc(CN(C(=O)COc2cc(C)cc(C)c2)[C@@H](C)C(=O)NC(C)C)cc1. The van der Waals surface area contributed by atoms with E-state index >= 15 is 0 Å². The molecule has 2 rings (SSSR count). The minimum atomic E-state index is -0.634. The fourth-order valence-electron chi connectivity index (χ4n) is 3.16. The molecule has 2 aromatic carbocycles. The van der Waals surface area contributed by atoms with Crippen LogP contribution in [0.5, 0.6) is 11.5 Å². The second kappa shape index (κ2) is 10.7. The number of carbonyl (C=O) groups is 2. The molecule has 0 unspecified atom stereocenters. The first-order valence-electron chi connectivity index (χ1n) is 10.1. The number of rotatable bonds is 9. The van der Waals surface area contributed by atoms with Crippen LogP contribution in [0.1, 0.15) is 37.5 Å². The van der Waals surface area contributed by atoms with Crippen molar-refractivity contribution in [3.8, 4) is 11.5 Å². The topological polar surface area (TPSA) is 67.9 Å². The average molecular weight is 413 g/mol. The van der Waals surface area contributed by atoms with E-state index in [0.29, 0.717) is 12.3 Å². The van der Waals surface area contributed by atoms with E-state index in [4.69, 9.17) is 9.47 Å². The lowest BCUT2D eigenvalue weighted by molar-refractivity contribution is -0.142. The molecule has 0 radical (unpaired) electrons. The molecule has 1 atom stereocenters. The number of nitrogens with one attached hydrogen (secondary N) is 1. The van der Waals surface area contributed by atoms with Crippen LogP contribution < -0.4 is 14.8 Å². The van der Waals surface area contributed by atoms with E-state index in [2.05, 4.69) is 5.32 Å². The summed E-state index contributed by atoms with van der Waals surface area (Å²) in [4.78, 5) is 27.2. The Hall–Kier alpha value is -3.02. The van der Waals surface area contributed by atoms with Crippen molar-refractivity contribution in [1.82, 2.24) is 10.2 Å². The van der Waals surface area contributed by atoms with E-state index in [1.807, 2.05) is 70.2 Å². The zero-order valence-electron chi connectivity index (χ0n) is 18.7. The molecule has 0 aliphatic heterocycles. The summed E-state index contributed by atoms with van der Waals surface area (Å²) < 4.78 is 10.9. The summed E-state index contributed by atoms with van der Waals surface area (Å²) in [6.45, 7) is 9.64. The van der Waals surface area contributed by atoms with Gasteiger partial charge in [-0.05, 0) is 75.6 Å². The molecule has 0 bridgehead atoms. The number of aryl methyl sites for hydroxylation is 2. The highest BCUT2D eigenvalue weighted by atomic mass is 16.5. The molecule has 0 heterocycles. The van der Waals surface area contributed by atoms with Crippen molar-refractivity contribution < 1.29 is 19.1 Å². The normalized spacial score (nSPS) is 11.7. The Morgan fingerprint density at radius 2 is 1.57 bits per heavy atom. The van der Waals surface area contributed by atoms with Gasteiger partial charge in [0, 0.05) is 12.6 Å². The number of ether oxygens (including phenoxy) is 2. The quantitative estimate of drug-likeness (QED) is 0.683. The van der Waals surface area contributed by atoms with E-state index in [-0.39, 0.29) is 24.5 Å². The van der Waals surface area contributed by atoms with Gasteiger partial charge in [0.1, 0.15) is 17.5 Å². The van der Waals surface area contributed by atoms with Gasteiger partial charge >= 0.3 is 0 Å². The monoisotopic (exact) mass is 412 g/mol. The van der Waals surface area contributed by atoms with Gasteiger partial charge in [-0.3, -0.25) is 9.59 Å². The molecule has 1 N–H and O–H groups in total. The minimum Gasteiger partial charge on any atom is -0.497 e. The predicted molar refractivity (Wildman–Crippen MR) is 118 cm³/mol. The lowest BCUT2D eigenvalue weighted by atomic mass is 10.1. The number of methoxy groups -OCH3 is 1. The second-order valence-corrected chi connectivity index (χ2v) is 7.82. The fourth-order valence-corrected chi connectivity index (χ4v) is 3.16. The van der Waals surface area contributed by atoms with Crippen molar-refractivity contribution in [2.24, 2.45) is 0 Å². The lowest BCUT2D eigenvalue weighted by Gasteiger charge is -2.29. The zero-order valence-corrected chi connectivity index (χ0v) is 18.7. The molecule has 2 amide bonds. The summed E-state index contributed by atoms with van der Waals surface area (Å²) >= 11 is 0. The average Bonchev–Trinajstić information content (AvgIpc) is 2.69. The van der Waals surface area contributed by atoms with Gasteiger partial charge in [0.05, 0.1) is 7.11 Å². The summed E-state index contributed by atoms with van der Waals surface area (Å²) in [5.74, 6) is 0.930. The van der Waals surface area contributed by atoms with Gasteiger partial charge in [-0.2, -0.15) is 0 Å². The number of carbonyl (C=O) groups excluding carboxylic acids is 2. The molecule has 6 nitrogen and oxygen atoms in total. The first-order valence-corrected chi connectivity index (χ1v) is 10.1. The van der Waals surface area contributed by atoms with Crippen molar-refractivity contribution in [3.05, 3.63) is 59.2 Å². The third-order valence-corrected chi connectivity index (χ3v) is 4.67. The third kappa shape index (κ3) is 6.79. The largest absolute Gasteiger partial charge is 0.497 e. The van der Waals surface area contributed by atoms with Gasteiger partial charge < -0.3 is 19.7 Å². The lowest BCUT2D eigenvalue weighted by Crippen LogP contribution is -2.50. The molecule has 0 aromatic heterocycles. The maximum absolute atomic E-state index is 13.0. The standard InChI is InChI=1S/C24H32N2O4/c1-16(2)25-24(28)19(5)26(14-20-7-9-21(29-6)10-8-20)23(27)15-30-22-12-17(3)11-18(4)13-22/h7-13,16,19H,14-15H2,1-6H3,(H,25,28)/t19-/m0/s1. The summed E-state index contributed by atoms with van der Waals surface area (Å²) in [5, 5.41) is 2.88. The van der Waals surface area contributed by atoms with Crippen LogP contribution in [0.4, 0.5) is 0 Å². The fraction of sp³-hybridized carbons (Fsp3) is 0.417. The van der Waals surface area contributed by atoms with E-state index in [0.717, 1.165) is 22.4 Å². The summed E-state index contributed by atoms with van der Waals surface area (Å²) in [6, 6.07) is 12.6. The summed E-state index contributed by atoms with van der Waals surface area (Å²) in [7, 11) is 1.60. The molecule has 0 fully saturated rings. The van der Waals surface area contributed by atoms with Gasteiger partial charge in [0.2, 0.25) is 5.91 Å². The molecule has 6 heteroatoms. The van der Waals surface area contributed by atoms with Gasteiger partial charge in [-0.1, -0.05) is 18.2 Å². The molecule has 0 spiro atoms. The van der Waals surface area contributed by atoms with Gasteiger partial charge in [0.15, 0.2) is 6.61 Å². The number of benzene rings is 2. The van der Waals surface area contributed by atoms with Crippen LogP contribution in [0, 0.1) is 13.8 Å². The van der Waals surface area contributed by atoms with Gasteiger partial charge in [-0.25, -0.2) is 0 Å². The van der Waals surface area contributed by atoms with E-state index in [9.17, 15) is 9.59 Å². The summed E-state index contributed by atoms with van der Waals surface area (Å²) in [6.07, 6.45) is 0. The van der Waals surface area contributed by atoms with Crippen molar-refractivity contribution >= 4 is 11.8 Å². The highest BCUT2D eigenvalue weighted by molar-refractivity contribution is 5.88. The van der Waals surface area contributed by atoms with Crippen LogP contribution in [0.25, 0.3) is 0 Å². The van der Waals surface area contributed by atoms with Crippen LogP contribution in [0.3, 0.4) is 0 Å². The predicted octanol–water partition coefficient (Wildman–Crippen LogP) is 3.63. The van der Waals surface area contributed by atoms with Crippen LogP contribution >= 0.6 is 0 Å². The van der Waals surface area contributed by atoms with Crippen molar-refractivity contribution in [2.75, 3.05) is 13.7 Å². The molecular formula is C24H32N2O4. The number of hydrogen-bond donors (Lipinski definition) is 1. The molecule has 0 saturated heterocycles. The highest BCUT2D eigenvalue weighted by Gasteiger charge is 2.27. The number of amides is 2. The smallest absolute Gasteiger partial charge is 0.261 e. The first-order chi connectivity index (χ1) is 14.2. The molecule has 30 heavy (non-hydrogen) atoms. The second-order valence-electron chi connectivity index (χ2n) is 7.82. The molecule has 0 aliphatic rings. The number of hydrogen-bond acceptors (Lipinski definition) is 4. The van der Waals surface area contributed by atoms with E-state index in [1.165, 1.54) is 0 Å². The van der Waals surface area contributed by atoms with Crippen LogP contribution in [0.2, 0.25) is 0 Å². The Labute approximate surface area is 179 Å². The molecule has 0 saturated carbocycles. The molecule has 162 valence electrons. The Bertz CT molecular complexity index is 842.